The molecule has 0 aromatic rings. The van der Waals surface area contributed by atoms with Gasteiger partial charge in [-0.05, 0) is 0 Å². The number of halogens is 4. The molecule has 3 nitrogen and oxygen atoms in total. The second-order valence-electron chi connectivity index (χ2n) is 1.22. The minimum Gasteiger partial charge on any atom is -0.440 e. The fraction of sp³-hybridized carbons (Fsp3) is 0.667. The van der Waals surface area contributed by atoms with Gasteiger partial charge in [0, 0.05) is 0 Å². The fourth-order valence-electron chi connectivity index (χ4n) is 0.153. The van der Waals surface area contributed by atoms with E-state index in [4.69, 9.17) is 0 Å². The fourth-order valence-corrected chi connectivity index (χ4v) is 0.153. The highest BCUT2D eigenvalue weighted by Gasteiger charge is 2.28. The summed E-state index contributed by atoms with van der Waals surface area (Å²) >= 11 is 0. The Kier molecular flexibility index (Phi) is 5.08. The lowest BCUT2D eigenvalue weighted by Crippen LogP contribution is -2.23. The SMILES string of the molecule is Cl.NC(=O)OCC(F)(F)F. The summed E-state index contributed by atoms with van der Waals surface area (Å²) in [6, 6.07) is 0. The van der Waals surface area contributed by atoms with Gasteiger partial charge in [-0.1, -0.05) is 0 Å². The zero-order valence-corrected chi connectivity index (χ0v) is 5.46. The van der Waals surface area contributed by atoms with Crippen LogP contribution in [0.2, 0.25) is 0 Å². The lowest BCUT2D eigenvalue weighted by Gasteiger charge is -2.03. The first kappa shape index (κ1) is 12.1. The van der Waals surface area contributed by atoms with Gasteiger partial charge in [-0.25, -0.2) is 4.79 Å². The molecule has 2 N–H and O–H groups in total. The molecule has 0 unspecified atom stereocenters. The zero-order chi connectivity index (χ0) is 7.49. The number of ether oxygens (including phenoxy) is 1. The molecule has 0 aromatic carbocycles. The summed E-state index contributed by atoms with van der Waals surface area (Å²) in [5.74, 6) is 0. The van der Waals surface area contributed by atoms with Gasteiger partial charge in [0.05, 0.1) is 0 Å². The van der Waals surface area contributed by atoms with Gasteiger partial charge in [0.2, 0.25) is 0 Å². The number of primary amides is 1. The second-order valence-corrected chi connectivity index (χ2v) is 1.22. The van der Waals surface area contributed by atoms with Crippen molar-refractivity contribution in [2.24, 2.45) is 5.73 Å². The van der Waals surface area contributed by atoms with Crippen LogP contribution in [0.5, 0.6) is 0 Å². The summed E-state index contributed by atoms with van der Waals surface area (Å²) in [6.07, 6.45) is -5.91. The van der Waals surface area contributed by atoms with Crippen molar-refractivity contribution in [2.75, 3.05) is 6.61 Å². The van der Waals surface area contributed by atoms with E-state index in [1.54, 1.807) is 0 Å². The Morgan fingerprint density at radius 2 is 1.90 bits per heavy atom. The number of amides is 1. The summed E-state index contributed by atoms with van der Waals surface area (Å²) in [5.41, 5.74) is 4.24. The smallest absolute Gasteiger partial charge is 0.422 e. The standard InChI is InChI=1S/C3H4F3NO2.ClH/c4-3(5,6)1-9-2(7)8;/h1H2,(H2,7,8);1H. The van der Waals surface area contributed by atoms with Crippen LogP contribution >= 0.6 is 12.4 Å². The molecule has 0 radical (unpaired) electrons. The molecular weight excluding hydrogens is 174 g/mol. The van der Waals surface area contributed by atoms with E-state index < -0.39 is 18.9 Å². The van der Waals surface area contributed by atoms with E-state index in [-0.39, 0.29) is 12.4 Å². The number of rotatable bonds is 1. The largest absolute Gasteiger partial charge is 0.440 e. The third-order valence-corrected chi connectivity index (χ3v) is 0.378. The van der Waals surface area contributed by atoms with E-state index in [2.05, 4.69) is 10.5 Å². The summed E-state index contributed by atoms with van der Waals surface area (Å²) < 4.78 is 36.7. The Morgan fingerprint density at radius 3 is 2.00 bits per heavy atom. The van der Waals surface area contributed by atoms with E-state index in [1.165, 1.54) is 0 Å². The molecule has 0 rings (SSSR count). The van der Waals surface area contributed by atoms with Crippen molar-refractivity contribution in [3.8, 4) is 0 Å². The first-order valence-corrected chi connectivity index (χ1v) is 1.91. The molecule has 0 fully saturated rings. The highest BCUT2D eigenvalue weighted by molar-refractivity contribution is 5.85. The van der Waals surface area contributed by atoms with Gasteiger partial charge in [0.15, 0.2) is 6.61 Å². The normalized spacial score (nSPS) is 9.90. The van der Waals surface area contributed by atoms with Crippen molar-refractivity contribution in [1.82, 2.24) is 0 Å². The Bertz CT molecular complexity index is 115. The molecule has 0 saturated heterocycles. The number of nitrogens with two attached hydrogens (primary N) is 1. The van der Waals surface area contributed by atoms with Crippen molar-refractivity contribution >= 4 is 18.5 Å². The highest BCUT2D eigenvalue weighted by Crippen LogP contribution is 2.13. The molecule has 0 heterocycles. The molecular formula is C3H5ClF3NO2. The summed E-state index contributed by atoms with van der Waals surface area (Å²) in [6.45, 7) is -1.62. The lowest BCUT2D eigenvalue weighted by atomic mass is 10.7. The average molecular weight is 180 g/mol. The van der Waals surface area contributed by atoms with Crippen LogP contribution in [-0.2, 0) is 4.74 Å². The molecule has 1 amide bonds. The van der Waals surface area contributed by atoms with Crippen molar-refractivity contribution in [3.63, 3.8) is 0 Å². The first-order valence-electron chi connectivity index (χ1n) is 1.91. The molecule has 0 aliphatic carbocycles. The van der Waals surface area contributed by atoms with Crippen LogP contribution in [-0.4, -0.2) is 18.9 Å². The summed E-state index contributed by atoms with van der Waals surface area (Å²) in [4.78, 5) is 9.55. The van der Waals surface area contributed by atoms with Gasteiger partial charge in [-0.3, -0.25) is 0 Å². The monoisotopic (exact) mass is 179 g/mol. The van der Waals surface area contributed by atoms with E-state index in [0.717, 1.165) is 0 Å². The number of hydrogen-bond donors (Lipinski definition) is 1. The van der Waals surface area contributed by atoms with Crippen molar-refractivity contribution in [1.29, 1.82) is 0 Å². The van der Waals surface area contributed by atoms with Gasteiger partial charge in [0.1, 0.15) is 0 Å². The van der Waals surface area contributed by atoms with Crippen molar-refractivity contribution in [2.45, 2.75) is 6.18 Å². The highest BCUT2D eigenvalue weighted by atomic mass is 35.5. The molecule has 10 heavy (non-hydrogen) atoms. The van der Waals surface area contributed by atoms with E-state index >= 15 is 0 Å². The predicted octanol–water partition coefficient (Wildman–Crippen LogP) is 1.07. The topological polar surface area (TPSA) is 52.3 Å². The van der Waals surface area contributed by atoms with Gasteiger partial charge in [-0.15, -0.1) is 12.4 Å². The maximum absolute atomic E-state index is 11.1. The van der Waals surface area contributed by atoms with Crippen LogP contribution in [0.4, 0.5) is 18.0 Å². The molecule has 0 aliphatic heterocycles. The number of alkyl halides is 3. The summed E-state index contributed by atoms with van der Waals surface area (Å²) in [5, 5.41) is 0. The quantitative estimate of drug-likeness (QED) is 0.655. The molecule has 0 aromatic heterocycles. The third kappa shape index (κ3) is 10.4. The van der Waals surface area contributed by atoms with Crippen LogP contribution in [0.1, 0.15) is 0 Å². The Labute approximate surface area is 60.7 Å². The second kappa shape index (κ2) is 4.21. The van der Waals surface area contributed by atoms with Gasteiger partial charge < -0.3 is 10.5 Å². The van der Waals surface area contributed by atoms with Crippen LogP contribution in [0.3, 0.4) is 0 Å². The molecule has 0 aliphatic rings. The van der Waals surface area contributed by atoms with E-state index in [0.29, 0.717) is 0 Å². The van der Waals surface area contributed by atoms with Gasteiger partial charge >= 0.3 is 12.3 Å². The lowest BCUT2D eigenvalue weighted by molar-refractivity contribution is -0.159. The van der Waals surface area contributed by atoms with E-state index in [9.17, 15) is 18.0 Å². The molecule has 0 bridgehead atoms. The molecule has 0 spiro atoms. The van der Waals surface area contributed by atoms with E-state index in [1.807, 2.05) is 0 Å². The average Bonchev–Trinajstić information content (AvgIpc) is 1.59. The van der Waals surface area contributed by atoms with Gasteiger partial charge in [-0.2, -0.15) is 13.2 Å². The van der Waals surface area contributed by atoms with Crippen LogP contribution in [0, 0.1) is 0 Å². The summed E-state index contributed by atoms with van der Waals surface area (Å²) in [7, 11) is 0. The molecule has 7 heteroatoms. The van der Waals surface area contributed by atoms with Crippen molar-refractivity contribution < 1.29 is 22.7 Å². The Balaban J connectivity index is 0. The molecule has 62 valence electrons. The van der Waals surface area contributed by atoms with Crippen LogP contribution in [0.25, 0.3) is 0 Å². The van der Waals surface area contributed by atoms with Crippen molar-refractivity contribution in [3.05, 3.63) is 0 Å². The Hall–Kier alpha value is -0.650. The van der Waals surface area contributed by atoms with Crippen LogP contribution < -0.4 is 5.73 Å². The molecule has 0 atom stereocenters. The number of carbonyl (C=O) groups excluding carboxylic acids is 1. The minimum absolute atomic E-state index is 0. The number of carbonyl (C=O) groups is 1. The number of hydrogen-bond acceptors (Lipinski definition) is 2. The Morgan fingerprint density at radius 1 is 1.50 bits per heavy atom. The maximum Gasteiger partial charge on any atom is 0.422 e. The minimum atomic E-state index is -4.49. The first-order chi connectivity index (χ1) is 3.92. The predicted molar refractivity (Wildman–Crippen MR) is 28.8 cm³/mol. The molecule has 0 saturated carbocycles. The zero-order valence-electron chi connectivity index (χ0n) is 4.64. The van der Waals surface area contributed by atoms with Gasteiger partial charge in [0.25, 0.3) is 0 Å². The maximum atomic E-state index is 11.1. The van der Waals surface area contributed by atoms with Crippen LogP contribution in [0.15, 0.2) is 0 Å². The third-order valence-electron chi connectivity index (χ3n) is 0.378.